The van der Waals surface area contributed by atoms with E-state index >= 15 is 0 Å². The van der Waals surface area contributed by atoms with Crippen LogP contribution in [0.3, 0.4) is 0 Å². The SMILES string of the molecule is Nc1cc(CS(=O)(=O)C2CCCC2)nc(-c2ccc(NC(=O)NC3CCC3)cc2)n1. The highest BCUT2D eigenvalue weighted by Crippen LogP contribution is 2.28. The topological polar surface area (TPSA) is 127 Å². The Kier molecular flexibility index (Phi) is 5.90. The number of carbonyl (C=O) groups is 1. The van der Waals surface area contributed by atoms with E-state index in [2.05, 4.69) is 20.6 Å². The minimum Gasteiger partial charge on any atom is -0.384 e. The minimum absolute atomic E-state index is 0.127. The number of nitrogens with zero attached hydrogens (tertiary/aromatic N) is 2. The van der Waals surface area contributed by atoms with Gasteiger partial charge < -0.3 is 16.4 Å². The number of anilines is 2. The standard InChI is InChI=1S/C21H27N5O3S/c22-19-12-17(13-30(28,29)18-6-1-2-7-18)23-20(26-19)14-8-10-16(11-9-14)25-21(27)24-15-4-3-5-15/h8-12,15,18H,1-7,13H2,(H2,22,23,26)(H2,24,25,27). The molecule has 0 bridgehead atoms. The van der Waals surface area contributed by atoms with Crippen LogP contribution in [0.2, 0.25) is 0 Å². The second kappa shape index (κ2) is 8.59. The molecule has 1 aromatic carbocycles. The summed E-state index contributed by atoms with van der Waals surface area (Å²) in [6.07, 6.45) is 6.57. The fourth-order valence-corrected chi connectivity index (χ4v) is 5.75. The summed E-state index contributed by atoms with van der Waals surface area (Å²) in [6.45, 7) is 0. The van der Waals surface area contributed by atoms with E-state index < -0.39 is 9.84 Å². The highest BCUT2D eigenvalue weighted by molar-refractivity contribution is 7.91. The van der Waals surface area contributed by atoms with Gasteiger partial charge in [-0.3, -0.25) is 0 Å². The third-order valence-corrected chi connectivity index (χ3v) is 7.98. The van der Waals surface area contributed by atoms with Gasteiger partial charge in [0.05, 0.1) is 16.7 Å². The van der Waals surface area contributed by atoms with Crippen molar-refractivity contribution in [3.8, 4) is 11.4 Å². The Morgan fingerprint density at radius 1 is 1.03 bits per heavy atom. The summed E-state index contributed by atoms with van der Waals surface area (Å²) in [7, 11) is -3.26. The molecular weight excluding hydrogens is 402 g/mol. The first-order chi connectivity index (χ1) is 14.4. The van der Waals surface area contributed by atoms with Crippen LogP contribution < -0.4 is 16.4 Å². The third-order valence-electron chi connectivity index (χ3n) is 5.80. The first kappa shape index (κ1) is 20.6. The number of aromatic nitrogens is 2. The molecule has 8 nitrogen and oxygen atoms in total. The third kappa shape index (κ3) is 4.89. The van der Waals surface area contributed by atoms with Crippen molar-refractivity contribution in [3.05, 3.63) is 36.0 Å². The maximum Gasteiger partial charge on any atom is 0.319 e. The molecule has 2 aliphatic rings. The molecule has 0 saturated heterocycles. The van der Waals surface area contributed by atoms with Crippen molar-refractivity contribution in [2.45, 2.75) is 62.0 Å². The van der Waals surface area contributed by atoms with Crippen molar-refractivity contribution in [1.29, 1.82) is 0 Å². The number of amides is 2. The number of urea groups is 1. The minimum atomic E-state index is -3.26. The fraction of sp³-hybridized carbons (Fsp3) is 0.476. The maximum absolute atomic E-state index is 12.7. The molecule has 0 aliphatic heterocycles. The molecule has 2 saturated carbocycles. The number of rotatable bonds is 6. The normalized spacial score (nSPS) is 17.5. The lowest BCUT2D eigenvalue weighted by Gasteiger charge is -2.26. The van der Waals surface area contributed by atoms with Gasteiger partial charge in [0.1, 0.15) is 5.82 Å². The van der Waals surface area contributed by atoms with Crippen molar-refractivity contribution in [2.75, 3.05) is 11.1 Å². The van der Waals surface area contributed by atoms with Crippen molar-refractivity contribution in [2.24, 2.45) is 0 Å². The largest absolute Gasteiger partial charge is 0.384 e. The lowest BCUT2D eigenvalue weighted by atomic mass is 9.93. The average molecular weight is 430 g/mol. The average Bonchev–Trinajstić information content (AvgIpc) is 3.20. The van der Waals surface area contributed by atoms with Crippen LogP contribution in [0.15, 0.2) is 30.3 Å². The molecule has 0 unspecified atom stereocenters. The predicted molar refractivity (Wildman–Crippen MR) is 117 cm³/mol. The summed E-state index contributed by atoms with van der Waals surface area (Å²) < 4.78 is 25.3. The number of nitrogen functional groups attached to an aromatic ring is 1. The molecule has 1 aromatic heterocycles. The highest BCUT2D eigenvalue weighted by atomic mass is 32.2. The van der Waals surface area contributed by atoms with Gasteiger partial charge in [0.15, 0.2) is 15.7 Å². The Morgan fingerprint density at radius 3 is 2.37 bits per heavy atom. The first-order valence-corrected chi connectivity index (χ1v) is 12.1. The van der Waals surface area contributed by atoms with Crippen LogP contribution in [0.1, 0.15) is 50.6 Å². The van der Waals surface area contributed by atoms with Crippen LogP contribution >= 0.6 is 0 Å². The monoisotopic (exact) mass is 429 g/mol. The van der Waals surface area contributed by atoms with Crippen LogP contribution in [0, 0.1) is 0 Å². The molecule has 2 amide bonds. The second-order valence-corrected chi connectivity index (χ2v) is 10.4. The molecule has 9 heteroatoms. The summed E-state index contributed by atoms with van der Waals surface area (Å²) in [5.74, 6) is 0.481. The highest BCUT2D eigenvalue weighted by Gasteiger charge is 2.29. The summed E-state index contributed by atoms with van der Waals surface area (Å²) in [4.78, 5) is 20.7. The van der Waals surface area contributed by atoms with Crippen LogP contribution in [-0.2, 0) is 15.6 Å². The lowest BCUT2D eigenvalue weighted by Crippen LogP contribution is -2.41. The molecule has 30 heavy (non-hydrogen) atoms. The van der Waals surface area contributed by atoms with Gasteiger partial charge in [-0.05, 0) is 56.4 Å². The van der Waals surface area contributed by atoms with Crippen LogP contribution in [-0.4, -0.2) is 35.7 Å². The van der Waals surface area contributed by atoms with E-state index in [1.165, 1.54) is 6.07 Å². The molecule has 0 atom stereocenters. The van der Waals surface area contributed by atoms with Gasteiger partial charge in [-0.25, -0.2) is 23.2 Å². The Labute approximate surface area is 176 Å². The summed E-state index contributed by atoms with van der Waals surface area (Å²) >= 11 is 0. The number of benzene rings is 1. The number of hydrogen-bond acceptors (Lipinski definition) is 6. The smallest absolute Gasteiger partial charge is 0.319 e. The van der Waals surface area contributed by atoms with E-state index in [0.717, 1.165) is 44.9 Å². The van der Waals surface area contributed by atoms with Gasteiger partial charge in [-0.15, -0.1) is 0 Å². The Balaban J connectivity index is 1.46. The van der Waals surface area contributed by atoms with Crippen LogP contribution in [0.5, 0.6) is 0 Å². The van der Waals surface area contributed by atoms with Crippen molar-refractivity contribution in [1.82, 2.24) is 15.3 Å². The molecular formula is C21H27N5O3S. The predicted octanol–water partition coefficient (Wildman–Crippen LogP) is 3.26. The van der Waals surface area contributed by atoms with Gasteiger partial charge in [0, 0.05) is 23.4 Å². The Morgan fingerprint density at radius 2 is 1.73 bits per heavy atom. The molecule has 4 rings (SSSR count). The second-order valence-electron chi connectivity index (χ2n) is 8.13. The molecule has 0 radical (unpaired) electrons. The lowest BCUT2D eigenvalue weighted by molar-refractivity contribution is 0.240. The quantitative estimate of drug-likeness (QED) is 0.647. The number of hydrogen-bond donors (Lipinski definition) is 3. The number of nitrogens with two attached hydrogens (primary N) is 1. The van der Waals surface area contributed by atoms with Gasteiger partial charge in [0.2, 0.25) is 0 Å². The van der Waals surface area contributed by atoms with E-state index in [1.54, 1.807) is 24.3 Å². The van der Waals surface area contributed by atoms with Crippen LogP contribution in [0.4, 0.5) is 16.3 Å². The van der Waals surface area contributed by atoms with E-state index in [9.17, 15) is 13.2 Å². The number of sulfone groups is 1. The maximum atomic E-state index is 12.7. The van der Waals surface area contributed by atoms with Crippen molar-refractivity contribution < 1.29 is 13.2 Å². The fourth-order valence-electron chi connectivity index (χ4n) is 3.90. The van der Waals surface area contributed by atoms with E-state index in [1.807, 2.05) is 0 Å². The van der Waals surface area contributed by atoms with Gasteiger partial charge in [0.25, 0.3) is 0 Å². The molecule has 2 fully saturated rings. The molecule has 4 N–H and O–H groups in total. The summed E-state index contributed by atoms with van der Waals surface area (Å²) in [6, 6.07) is 8.66. The number of nitrogens with one attached hydrogen (secondary N) is 2. The summed E-state index contributed by atoms with van der Waals surface area (Å²) in [5.41, 5.74) is 7.68. The molecule has 0 spiro atoms. The Bertz CT molecular complexity index is 1010. The summed E-state index contributed by atoms with van der Waals surface area (Å²) in [5, 5.41) is 5.45. The zero-order valence-electron chi connectivity index (χ0n) is 16.8. The van der Waals surface area contributed by atoms with Gasteiger partial charge in [-0.1, -0.05) is 12.8 Å². The molecule has 2 aromatic rings. The van der Waals surface area contributed by atoms with Crippen molar-refractivity contribution in [3.63, 3.8) is 0 Å². The van der Waals surface area contributed by atoms with Crippen molar-refractivity contribution >= 4 is 27.4 Å². The van der Waals surface area contributed by atoms with E-state index in [0.29, 0.717) is 22.8 Å². The van der Waals surface area contributed by atoms with Crippen LogP contribution in [0.25, 0.3) is 11.4 Å². The zero-order valence-corrected chi connectivity index (χ0v) is 17.6. The van der Waals surface area contributed by atoms with Gasteiger partial charge in [-0.2, -0.15) is 0 Å². The van der Waals surface area contributed by atoms with Gasteiger partial charge >= 0.3 is 6.03 Å². The molecule has 1 heterocycles. The zero-order chi connectivity index (χ0) is 21.1. The number of carbonyl (C=O) groups excluding carboxylic acids is 1. The molecule has 160 valence electrons. The first-order valence-electron chi connectivity index (χ1n) is 10.4. The molecule has 2 aliphatic carbocycles. The van der Waals surface area contributed by atoms with E-state index in [4.69, 9.17) is 5.73 Å². The Hall–Kier alpha value is -2.68. The van der Waals surface area contributed by atoms with E-state index in [-0.39, 0.29) is 28.9 Å².